The zero-order valence-electron chi connectivity index (χ0n) is 8.03. The molecule has 78 valence electrons. The van der Waals surface area contributed by atoms with E-state index in [2.05, 4.69) is 25.7 Å². The molecular weight excluding hydrogens is 196 g/mol. The van der Waals surface area contributed by atoms with Crippen molar-refractivity contribution < 1.29 is 4.79 Å². The minimum absolute atomic E-state index is 0.232. The summed E-state index contributed by atoms with van der Waals surface area (Å²) in [5.74, 6) is 0.0861. The second-order valence-corrected chi connectivity index (χ2v) is 3.09. The van der Waals surface area contributed by atoms with Crippen LogP contribution in [0.25, 0.3) is 0 Å². The third-order valence-corrected chi connectivity index (χ3v) is 1.84. The van der Waals surface area contributed by atoms with E-state index in [0.717, 1.165) is 5.69 Å². The van der Waals surface area contributed by atoms with Crippen LogP contribution in [0.1, 0.15) is 16.2 Å². The van der Waals surface area contributed by atoms with Crippen molar-refractivity contribution >= 4 is 17.4 Å². The molecule has 0 aliphatic rings. The van der Waals surface area contributed by atoms with E-state index in [-0.39, 0.29) is 11.6 Å². The topological polar surface area (TPSA) is 112 Å². The Kier molecular flexibility index (Phi) is 2.13. The lowest BCUT2D eigenvalue weighted by molar-refractivity contribution is 0.102. The molecule has 2 rings (SSSR count). The van der Waals surface area contributed by atoms with Crippen molar-refractivity contribution in [3.63, 3.8) is 0 Å². The van der Waals surface area contributed by atoms with Crippen molar-refractivity contribution in [3.8, 4) is 0 Å². The summed E-state index contributed by atoms with van der Waals surface area (Å²) in [7, 11) is 0. The molecule has 7 nitrogen and oxygen atoms in total. The van der Waals surface area contributed by atoms with Crippen LogP contribution in [0.4, 0.5) is 11.5 Å². The predicted octanol–water partition coefficient (Wildman–Crippen LogP) is 0.276. The molecule has 0 unspecified atom stereocenters. The van der Waals surface area contributed by atoms with Gasteiger partial charge in [-0.1, -0.05) is 0 Å². The van der Waals surface area contributed by atoms with E-state index >= 15 is 0 Å². The van der Waals surface area contributed by atoms with Crippen LogP contribution in [0.3, 0.4) is 0 Å². The summed E-state index contributed by atoms with van der Waals surface area (Å²) in [6.07, 6.45) is 1.38. The number of H-pyrrole nitrogens is 2. The number of nitrogens with zero attached hydrogens (tertiary/aromatic N) is 2. The number of anilines is 2. The third kappa shape index (κ3) is 1.80. The van der Waals surface area contributed by atoms with Gasteiger partial charge in [-0.25, -0.2) is 0 Å². The largest absolute Gasteiger partial charge is 0.396 e. The molecule has 2 heterocycles. The fraction of sp³-hybridized carbons (Fsp3) is 0.125. The van der Waals surface area contributed by atoms with Gasteiger partial charge in [-0.3, -0.25) is 15.0 Å². The SMILES string of the molecule is Cc1cc(NC(=O)c2[nH]ncc2N)n[nH]1. The van der Waals surface area contributed by atoms with E-state index in [1.54, 1.807) is 6.07 Å². The number of aromatic amines is 2. The third-order valence-electron chi connectivity index (χ3n) is 1.84. The van der Waals surface area contributed by atoms with E-state index < -0.39 is 0 Å². The van der Waals surface area contributed by atoms with Gasteiger partial charge in [0.2, 0.25) is 0 Å². The highest BCUT2D eigenvalue weighted by Gasteiger charge is 2.12. The molecule has 0 aliphatic carbocycles. The molecule has 0 aliphatic heterocycles. The number of hydrogen-bond acceptors (Lipinski definition) is 4. The molecule has 7 heteroatoms. The second-order valence-electron chi connectivity index (χ2n) is 3.09. The summed E-state index contributed by atoms with van der Waals surface area (Å²) >= 11 is 0. The van der Waals surface area contributed by atoms with Crippen molar-refractivity contribution in [2.24, 2.45) is 0 Å². The molecule has 0 radical (unpaired) electrons. The first-order valence-corrected chi connectivity index (χ1v) is 4.29. The number of nitrogens with one attached hydrogen (secondary N) is 3. The summed E-state index contributed by atoms with van der Waals surface area (Å²) in [5.41, 5.74) is 6.92. The van der Waals surface area contributed by atoms with Gasteiger partial charge in [-0.15, -0.1) is 0 Å². The van der Waals surface area contributed by atoms with Crippen LogP contribution >= 0.6 is 0 Å². The number of hydrogen-bond donors (Lipinski definition) is 4. The fourth-order valence-electron chi connectivity index (χ4n) is 1.14. The molecular formula is C8H10N6O. The van der Waals surface area contributed by atoms with Crippen LogP contribution in [0.15, 0.2) is 12.3 Å². The van der Waals surface area contributed by atoms with E-state index in [9.17, 15) is 4.79 Å². The quantitative estimate of drug-likeness (QED) is 0.565. The summed E-state index contributed by atoms with van der Waals surface area (Å²) < 4.78 is 0. The van der Waals surface area contributed by atoms with Gasteiger partial charge in [-0.05, 0) is 6.92 Å². The van der Waals surface area contributed by atoms with E-state index in [4.69, 9.17) is 5.73 Å². The van der Waals surface area contributed by atoms with E-state index in [1.807, 2.05) is 6.92 Å². The van der Waals surface area contributed by atoms with Crippen molar-refractivity contribution in [1.82, 2.24) is 20.4 Å². The van der Waals surface area contributed by atoms with Gasteiger partial charge in [0.15, 0.2) is 5.82 Å². The second kappa shape index (κ2) is 3.45. The minimum Gasteiger partial charge on any atom is -0.396 e. The molecule has 0 bridgehead atoms. The van der Waals surface area contributed by atoms with Crippen LogP contribution in [0.5, 0.6) is 0 Å². The highest BCUT2D eigenvalue weighted by Crippen LogP contribution is 2.10. The predicted molar refractivity (Wildman–Crippen MR) is 54.3 cm³/mol. The average molecular weight is 206 g/mol. The molecule has 5 N–H and O–H groups in total. The van der Waals surface area contributed by atoms with Crippen LogP contribution in [-0.4, -0.2) is 26.3 Å². The van der Waals surface area contributed by atoms with E-state index in [0.29, 0.717) is 11.5 Å². The zero-order chi connectivity index (χ0) is 10.8. The van der Waals surface area contributed by atoms with Gasteiger partial charge in [0.1, 0.15) is 5.69 Å². The van der Waals surface area contributed by atoms with Gasteiger partial charge < -0.3 is 11.1 Å². The Morgan fingerprint density at radius 2 is 2.33 bits per heavy atom. The van der Waals surface area contributed by atoms with Crippen molar-refractivity contribution in [2.45, 2.75) is 6.92 Å². The molecule has 0 aromatic carbocycles. The molecule has 2 aromatic rings. The molecule has 15 heavy (non-hydrogen) atoms. The van der Waals surface area contributed by atoms with Crippen molar-refractivity contribution in [3.05, 3.63) is 23.7 Å². The van der Waals surface area contributed by atoms with Crippen molar-refractivity contribution in [1.29, 1.82) is 0 Å². The lowest BCUT2D eigenvalue weighted by Crippen LogP contribution is -2.14. The summed E-state index contributed by atoms with van der Waals surface area (Å²) in [6, 6.07) is 1.71. The molecule has 1 amide bonds. The zero-order valence-corrected chi connectivity index (χ0v) is 8.03. The fourth-order valence-corrected chi connectivity index (χ4v) is 1.14. The summed E-state index contributed by atoms with van der Waals surface area (Å²) in [5, 5.41) is 15.3. The van der Waals surface area contributed by atoms with Gasteiger partial charge >= 0.3 is 0 Å². The highest BCUT2D eigenvalue weighted by molar-refractivity contribution is 6.05. The first-order chi connectivity index (χ1) is 7.16. The summed E-state index contributed by atoms with van der Waals surface area (Å²) in [6.45, 7) is 1.84. The van der Waals surface area contributed by atoms with Gasteiger partial charge in [-0.2, -0.15) is 10.2 Å². The molecule has 0 spiro atoms. The monoisotopic (exact) mass is 206 g/mol. The lowest BCUT2D eigenvalue weighted by Gasteiger charge is -1.98. The van der Waals surface area contributed by atoms with Crippen LogP contribution in [0.2, 0.25) is 0 Å². The Morgan fingerprint density at radius 1 is 1.53 bits per heavy atom. The molecule has 2 aromatic heterocycles. The normalized spacial score (nSPS) is 10.2. The number of carbonyl (C=O) groups is 1. The molecule has 0 saturated heterocycles. The lowest BCUT2D eigenvalue weighted by atomic mass is 10.3. The van der Waals surface area contributed by atoms with Crippen LogP contribution < -0.4 is 11.1 Å². The Morgan fingerprint density at radius 3 is 2.87 bits per heavy atom. The Hall–Kier alpha value is -2.31. The van der Waals surface area contributed by atoms with E-state index in [1.165, 1.54) is 6.20 Å². The number of rotatable bonds is 2. The first-order valence-electron chi connectivity index (χ1n) is 4.29. The standard InChI is InChI=1S/C8H10N6O/c1-4-2-6(13-12-4)11-8(15)7-5(9)3-10-14-7/h2-3H,9H2,1H3,(H,10,14)(H2,11,12,13,15). The maximum absolute atomic E-state index is 11.6. The minimum atomic E-state index is -0.364. The first kappa shape index (κ1) is 9.25. The Bertz CT molecular complexity index is 485. The number of aromatic nitrogens is 4. The molecule has 0 saturated carbocycles. The van der Waals surface area contributed by atoms with Crippen molar-refractivity contribution in [2.75, 3.05) is 11.1 Å². The highest BCUT2D eigenvalue weighted by atomic mass is 16.2. The van der Waals surface area contributed by atoms with Gasteiger partial charge in [0.25, 0.3) is 5.91 Å². The maximum Gasteiger partial charge on any atom is 0.277 e. The van der Waals surface area contributed by atoms with Crippen LogP contribution in [-0.2, 0) is 0 Å². The van der Waals surface area contributed by atoms with Gasteiger partial charge in [0.05, 0.1) is 11.9 Å². The maximum atomic E-state index is 11.6. The van der Waals surface area contributed by atoms with Crippen LogP contribution in [0, 0.1) is 6.92 Å². The number of nitrogen functional groups attached to an aromatic ring is 1. The number of carbonyl (C=O) groups excluding carboxylic acids is 1. The number of amides is 1. The van der Waals surface area contributed by atoms with Gasteiger partial charge in [0, 0.05) is 11.8 Å². The smallest absolute Gasteiger partial charge is 0.277 e. The average Bonchev–Trinajstić information content (AvgIpc) is 2.75. The Balaban J connectivity index is 2.14. The molecule has 0 atom stereocenters. The number of aryl methyl sites for hydroxylation is 1. The Labute approximate surface area is 85.1 Å². The summed E-state index contributed by atoms with van der Waals surface area (Å²) in [4.78, 5) is 11.6. The molecule has 0 fully saturated rings. The number of nitrogens with two attached hydrogens (primary N) is 1.